The van der Waals surface area contributed by atoms with Gasteiger partial charge in [0, 0.05) is 11.8 Å². The fourth-order valence-electron chi connectivity index (χ4n) is 2.64. The Labute approximate surface area is 134 Å². The first-order valence-corrected chi connectivity index (χ1v) is 10.7. The van der Waals surface area contributed by atoms with Gasteiger partial charge in [0.1, 0.15) is 12.2 Å². The van der Waals surface area contributed by atoms with Crippen molar-refractivity contribution in [2.45, 2.75) is 44.3 Å². The molecule has 0 radical (unpaired) electrons. The van der Waals surface area contributed by atoms with E-state index < -0.39 is 42.7 Å². The summed E-state index contributed by atoms with van der Waals surface area (Å²) in [6, 6.07) is 0. The molecule has 0 saturated carbocycles. The van der Waals surface area contributed by atoms with E-state index in [2.05, 4.69) is 24.6 Å². The summed E-state index contributed by atoms with van der Waals surface area (Å²) in [5.74, 6) is 0. The van der Waals surface area contributed by atoms with E-state index in [0.29, 0.717) is 18.4 Å². The quantitative estimate of drug-likeness (QED) is 0.643. The van der Waals surface area contributed by atoms with Crippen molar-refractivity contribution in [1.29, 1.82) is 0 Å². The number of H-pyrrole nitrogens is 1. The molecule has 3 N–H and O–H groups in total. The topological polar surface area (TPSA) is 105 Å². The van der Waals surface area contributed by atoms with Crippen LogP contribution in [0.3, 0.4) is 0 Å². The van der Waals surface area contributed by atoms with Gasteiger partial charge < -0.3 is 14.9 Å². The number of rotatable bonds is 5. The smallest absolute Gasteiger partial charge is 0.330 e. The summed E-state index contributed by atoms with van der Waals surface area (Å²) in [7, 11) is 0. The lowest BCUT2D eigenvalue weighted by Crippen LogP contribution is -2.38. The van der Waals surface area contributed by atoms with Gasteiger partial charge in [-0.3, -0.25) is 14.3 Å². The van der Waals surface area contributed by atoms with E-state index in [1.807, 2.05) is 0 Å². The maximum atomic E-state index is 12.0. The minimum Gasteiger partial charge on any atom is -0.388 e. The van der Waals surface area contributed by atoms with Crippen molar-refractivity contribution in [1.82, 2.24) is 9.55 Å². The molecule has 7 nitrogen and oxygen atoms in total. The van der Waals surface area contributed by atoms with Crippen molar-refractivity contribution in [3.63, 3.8) is 0 Å². The Morgan fingerprint density at radius 2 is 2.00 bits per heavy atom. The van der Waals surface area contributed by atoms with Crippen molar-refractivity contribution in [3.8, 4) is 0 Å². The van der Waals surface area contributed by atoms with Crippen LogP contribution in [-0.4, -0.2) is 63.9 Å². The molecule has 1 saturated heterocycles. The Hall–Kier alpha value is -1.14. The summed E-state index contributed by atoms with van der Waals surface area (Å²) in [5, 5.41) is 20.4. The first-order chi connectivity index (χ1) is 10.6. The highest BCUT2D eigenvalue weighted by Crippen LogP contribution is 2.39. The van der Waals surface area contributed by atoms with E-state index in [1.54, 1.807) is 6.92 Å². The Balaban J connectivity index is 2.26. The maximum Gasteiger partial charge on any atom is 0.330 e. The predicted molar refractivity (Wildman–Crippen MR) is 92.0 cm³/mol. The maximum absolute atomic E-state index is 12.0. The van der Waals surface area contributed by atoms with E-state index in [4.69, 9.17) is 4.74 Å². The van der Waals surface area contributed by atoms with Crippen LogP contribution in [0.4, 0.5) is 0 Å². The van der Waals surface area contributed by atoms with Gasteiger partial charge in [0.2, 0.25) is 0 Å². The van der Waals surface area contributed by atoms with Gasteiger partial charge in [-0.05, 0) is 32.3 Å². The molecule has 0 aliphatic carbocycles. The highest BCUT2D eigenvalue weighted by molar-refractivity contribution is 7.72. The lowest BCUT2D eigenvalue weighted by molar-refractivity contribution is -0.0403. The van der Waals surface area contributed by atoms with E-state index >= 15 is 0 Å². The van der Waals surface area contributed by atoms with Crippen LogP contribution in [0.25, 0.3) is 0 Å². The molecule has 4 atom stereocenters. The first-order valence-electron chi connectivity index (χ1n) is 7.67. The monoisotopic (exact) mass is 344 g/mol. The van der Waals surface area contributed by atoms with Crippen LogP contribution < -0.4 is 11.2 Å². The Morgan fingerprint density at radius 3 is 2.57 bits per heavy atom. The average molecular weight is 344 g/mol. The number of aliphatic hydroxyl groups is 2. The number of hydrogen-bond acceptors (Lipinski definition) is 5. The fourth-order valence-corrected chi connectivity index (χ4v) is 3.60. The van der Waals surface area contributed by atoms with Crippen molar-refractivity contribution in [2.24, 2.45) is 0 Å². The molecule has 0 amide bonds. The number of nitrogens with zero attached hydrogens (tertiary/aromatic N) is 1. The zero-order valence-electron chi connectivity index (χ0n) is 13.7. The molecule has 23 heavy (non-hydrogen) atoms. The summed E-state index contributed by atoms with van der Waals surface area (Å²) in [5.41, 5.74) is -0.681. The predicted octanol–water partition coefficient (Wildman–Crippen LogP) is -0.182. The van der Waals surface area contributed by atoms with Gasteiger partial charge in [-0.1, -0.05) is 6.92 Å². The van der Waals surface area contributed by atoms with Gasteiger partial charge in [-0.2, -0.15) is 0 Å². The van der Waals surface area contributed by atoms with Crippen molar-refractivity contribution < 1.29 is 14.9 Å². The number of ether oxygens (including phenoxy) is 1. The standard InChI is InChI=1S/C15H25N2O5P/c1-5-9-8-17(15(21)16-13(9)20)14-12(19)11(18)10(22-14)6-7-23(2,3)4/h8,10-12,14,18-19H,2,5-7H2,1,3-4H3,(H,16,20,21)/t10-,11-,12-,14-/m1/s1. The third-order valence-corrected chi connectivity index (χ3v) is 5.52. The summed E-state index contributed by atoms with van der Waals surface area (Å²) >= 11 is 0. The van der Waals surface area contributed by atoms with E-state index in [0.717, 1.165) is 10.7 Å². The van der Waals surface area contributed by atoms with Crippen molar-refractivity contribution in [3.05, 3.63) is 32.6 Å². The third kappa shape index (κ3) is 4.04. The van der Waals surface area contributed by atoms with E-state index in [1.165, 1.54) is 6.20 Å². The second-order valence-corrected chi connectivity index (χ2v) is 11.0. The Kier molecular flexibility index (Phi) is 5.36. The molecule has 1 fully saturated rings. The number of aromatic nitrogens is 2. The largest absolute Gasteiger partial charge is 0.388 e. The highest BCUT2D eigenvalue weighted by Gasteiger charge is 2.43. The van der Waals surface area contributed by atoms with Crippen LogP contribution in [0.2, 0.25) is 0 Å². The molecule has 130 valence electrons. The van der Waals surface area contributed by atoms with Crippen LogP contribution in [-0.2, 0) is 11.2 Å². The van der Waals surface area contributed by atoms with Crippen LogP contribution in [0.5, 0.6) is 0 Å². The van der Waals surface area contributed by atoms with Crippen LogP contribution in [0.15, 0.2) is 15.8 Å². The summed E-state index contributed by atoms with van der Waals surface area (Å²) < 4.78 is 6.87. The number of nitrogens with one attached hydrogen (secondary N) is 1. The van der Waals surface area contributed by atoms with Gasteiger partial charge in [0.15, 0.2) is 6.23 Å². The number of aliphatic hydroxyl groups excluding tert-OH is 2. The molecular formula is C15H25N2O5P. The van der Waals surface area contributed by atoms with Crippen LogP contribution in [0, 0.1) is 0 Å². The minimum absolute atomic E-state index is 0.420. The van der Waals surface area contributed by atoms with Crippen molar-refractivity contribution >= 4 is 13.2 Å². The molecule has 8 heteroatoms. The summed E-state index contributed by atoms with van der Waals surface area (Å²) in [4.78, 5) is 25.9. The molecule has 0 bridgehead atoms. The molecule has 2 rings (SSSR count). The Bertz CT molecular complexity index is 719. The SMILES string of the molecule is C=P(C)(C)CC[C@H]1O[C@@H](n2cc(CC)c(=O)[nH]c2=O)[C@H](O)[C@@H]1O. The van der Waals surface area contributed by atoms with Crippen LogP contribution in [0.1, 0.15) is 25.1 Å². The summed E-state index contributed by atoms with van der Waals surface area (Å²) in [6.45, 7) is 4.69. The number of aromatic amines is 1. The molecule has 2 heterocycles. The number of hydrogen-bond donors (Lipinski definition) is 3. The molecule has 1 aliphatic rings. The second kappa shape index (κ2) is 6.77. The van der Waals surface area contributed by atoms with Crippen LogP contribution >= 0.6 is 6.89 Å². The molecule has 1 aromatic heterocycles. The molecule has 1 aliphatic heterocycles. The first kappa shape index (κ1) is 18.2. The number of aryl methyl sites for hydroxylation is 1. The fraction of sp³-hybridized carbons (Fsp3) is 0.667. The Morgan fingerprint density at radius 1 is 1.35 bits per heavy atom. The molecule has 1 aromatic rings. The minimum atomic E-state index is -1.27. The zero-order valence-corrected chi connectivity index (χ0v) is 14.6. The van der Waals surface area contributed by atoms with Crippen molar-refractivity contribution in [2.75, 3.05) is 19.5 Å². The van der Waals surface area contributed by atoms with Gasteiger partial charge in [-0.25, -0.2) is 4.79 Å². The van der Waals surface area contributed by atoms with E-state index in [9.17, 15) is 19.8 Å². The third-order valence-electron chi connectivity index (χ3n) is 4.05. The van der Waals surface area contributed by atoms with E-state index in [-0.39, 0.29) is 0 Å². The molecule has 0 aromatic carbocycles. The zero-order chi connectivity index (χ0) is 17.4. The summed E-state index contributed by atoms with van der Waals surface area (Å²) in [6.07, 6.45) is 3.48. The van der Waals surface area contributed by atoms with Gasteiger partial charge >= 0.3 is 5.69 Å². The normalized spacial score (nSPS) is 28.2. The lowest BCUT2D eigenvalue weighted by Gasteiger charge is -2.19. The van der Waals surface area contributed by atoms with Gasteiger partial charge in [0.25, 0.3) is 5.56 Å². The molecular weight excluding hydrogens is 319 g/mol. The highest BCUT2D eigenvalue weighted by atomic mass is 31.2. The lowest BCUT2D eigenvalue weighted by atomic mass is 10.1. The van der Waals surface area contributed by atoms with Gasteiger partial charge in [0.05, 0.1) is 6.10 Å². The average Bonchev–Trinajstić information content (AvgIpc) is 2.73. The van der Waals surface area contributed by atoms with Gasteiger partial charge in [-0.15, -0.1) is 13.2 Å². The second-order valence-electron chi connectivity index (χ2n) is 6.67. The molecule has 0 unspecified atom stereocenters. The molecule has 0 spiro atoms.